The Morgan fingerprint density at radius 2 is 1.72 bits per heavy atom. The fourth-order valence-corrected chi connectivity index (χ4v) is 4.42. The average Bonchev–Trinajstić information content (AvgIpc) is 2.59. The number of allylic oxidation sites excluding steroid dienone is 3. The molecule has 0 N–H and O–H groups in total. The molecule has 0 aliphatic heterocycles. The molecule has 1 fully saturated rings. The molecule has 1 aromatic carbocycles. The third-order valence-corrected chi connectivity index (χ3v) is 5.50. The summed E-state index contributed by atoms with van der Waals surface area (Å²) >= 11 is 0. The molecule has 0 aromatic heterocycles. The largest absolute Gasteiger partial charge is 0.497 e. The van der Waals surface area contributed by atoms with Crippen LogP contribution in [0.1, 0.15) is 64.4 Å². The van der Waals surface area contributed by atoms with Crippen LogP contribution in [0.3, 0.4) is 0 Å². The SMILES string of the molecule is COc1ccc(C2CCC(OCC3=CC(C)=CC(C)(C)C3)CC2)cc1. The molecule has 1 saturated carbocycles. The van der Waals surface area contributed by atoms with Crippen LogP contribution < -0.4 is 4.74 Å². The van der Waals surface area contributed by atoms with E-state index in [9.17, 15) is 0 Å². The van der Waals surface area contributed by atoms with Gasteiger partial charge in [-0.3, -0.25) is 0 Å². The van der Waals surface area contributed by atoms with Gasteiger partial charge < -0.3 is 9.47 Å². The Morgan fingerprint density at radius 1 is 1.04 bits per heavy atom. The number of benzene rings is 1. The van der Waals surface area contributed by atoms with Crippen LogP contribution in [0.5, 0.6) is 5.75 Å². The van der Waals surface area contributed by atoms with Gasteiger partial charge in [0.05, 0.1) is 19.8 Å². The Morgan fingerprint density at radius 3 is 2.32 bits per heavy atom. The second-order valence-corrected chi connectivity index (χ2v) is 8.41. The molecule has 2 aliphatic rings. The normalized spacial score (nSPS) is 25.9. The maximum absolute atomic E-state index is 6.27. The first-order valence-corrected chi connectivity index (χ1v) is 9.60. The van der Waals surface area contributed by atoms with Gasteiger partial charge in [0.2, 0.25) is 0 Å². The summed E-state index contributed by atoms with van der Waals surface area (Å²) in [5, 5.41) is 0. The van der Waals surface area contributed by atoms with Crippen LogP contribution in [0, 0.1) is 5.41 Å². The predicted molar refractivity (Wildman–Crippen MR) is 104 cm³/mol. The predicted octanol–water partition coefficient (Wildman–Crippen LogP) is 6.04. The van der Waals surface area contributed by atoms with Gasteiger partial charge in [0.15, 0.2) is 0 Å². The molecular formula is C23H32O2. The molecule has 136 valence electrons. The first kappa shape index (κ1) is 18.3. The lowest BCUT2D eigenvalue weighted by atomic mass is 9.80. The Labute approximate surface area is 152 Å². The van der Waals surface area contributed by atoms with Crippen molar-refractivity contribution < 1.29 is 9.47 Å². The zero-order valence-electron chi connectivity index (χ0n) is 16.2. The number of rotatable bonds is 5. The third kappa shape index (κ3) is 4.98. The summed E-state index contributed by atoms with van der Waals surface area (Å²) in [6.45, 7) is 7.61. The van der Waals surface area contributed by atoms with Crippen molar-refractivity contribution in [3.63, 3.8) is 0 Å². The van der Waals surface area contributed by atoms with E-state index in [1.807, 2.05) is 0 Å². The van der Waals surface area contributed by atoms with Crippen molar-refractivity contribution in [1.82, 2.24) is 0 Å². The first-order chi connectivity index (χ1) is 11.9. The van der Waals surface area contributed by atoms with Crippen LogP contribution >= 0.6 is 0 Å². The van der Waals surface area contributed by atoms with E-state index in [4.69, 9.17) is 9.47 Å². The zero-order chi connectivity index (χ0) is 17.9. The number of ether oxygens (including phenoxy) is 2. The summed E-state index contributed by atoms with van der Waals surface area (Å²) in [4.78, 5) is 0. The van der Waals surface area contributed by atoms with E-state index >= 15 is 0 Å². The third-order valence-electron chi connectivity index (χ3n) is 5.50. The molecular weight excluding hydrogens is 308 g/mol. The van der Waals surface area contributed by atoms with E-state index in [0.29, 0.717) is 12.0 Å². The van der Waals surface area contributed by atoms with Crippen molar-refractivity contribution in [3.8, 4) is 5.75 Å². The molecule has 0 unspecified atom stereocenters. The van der Waals surface area contributed by atoms with E-state index in [1.165, 1.54) is 42.4 Å². The second kappa shape index (κ2) is 7.78. The summed E-state index contributed by atoms with van der Waals surface area (Å²) in [6, 6.07) is 8.58. The van der Waals surface area contributed by atoms with Gasteiger partial charge in [-0.05, 0) is 73.6 Å². The van der Waals surface area contributed by atoms with Crippen LogP contribution in [0.15, 0.2) is 47.6 Å². The highest BCUT2D eigenvalue weighted by atomic mass is 16.5. The molecule has 1 aromatic rings. The Hall–Kier alpha value is -1.54. The molecule has 0 spiro atoms. The molecule has 0 atom stereocenters. The van der Waals surface area contributed by atoms with Gasteiger partial charge in [0, 0.05) is 0 Å². The van der Waals surface area contributed by atoms with Crippen LogP contribution in [-0.4, -0.2) is 19.8 Å². The lowest BCUT2D eigenvalue weighted by Gasteiger charge is -2.31. The molecule has 25 heavy (non-hydrogen) atoms. The summed E-state index contributed by atoms with van der Waals surface area (Å²) in [7, 11) is 1.72. The topological polar surface area (TPSA) is 18.5 Å². The quantitative estimate of drug-likeness (QED) is 0.650. The Balaban J connectivity index is 1.47. The van der Waals surface area contributed by atoms with E-state index in [0.717, 1.165) is 18.8 Å². The van der Waals surface area contributed by atoms with Crippen LogP contribution in [0.2, 0.25) is 0 Å². The molecule has 0 saturated heterocycles. The minimum atomic E-state index is 0.267. The van der Waals surface area contributed by atoms with Gasteiger partial charge in [-0.1, -0.05) is 43.7 Å². The minimum absolute atomic E-state index is 0.267. The monoisotopic (exact) mass is 340 g/mol. The van der Waals surface area contributed by atoms with Crippen molar-refractivity contribution in [2.24, 2.45) is 5.41 Å². The zero-order valence-corrected chi connectivity index (χ0v) is 16.2. The van der Waals surface area contributed by atoms with Gasteiger partial charge in [-0.2, -0.15) is 0 Å². The Kier molecular flexibility index (Phi) is 5.68. The number of methoxy groups -OCH3 is 1. The lowest BCUT2D eigenvalue weighted by Crippen LogP contribution is -2.23. The molecule has 0 heterocycles. The van der Waals surface area contributed by atoms with Gasteiger partial charge in [-0.15, -0.1) is 0 Å². The van der Waals surface area contributed by atoms with Gasteiger partial charge >= 0.3 is 0 Å². The van der Waals surface area contributed by atoms with E-state index in [1.54, 1.807) is 7.11 Å². The maximum Gasteiger partial charge on any atom is 0.118 e. The van der Waals surface area contributed by atoms with Gasteiger partial charge in [0.25, 0.3) is 0 Å². The standard InChI is InChI=1S/C23H32O2/c1-17-13-18(15-23(2,3)14-17)16-25-22-11-7-20(8-12-22)19-5-9-21(24-4)10-6-19/h5-6,9-10,13-14,20,22H,7-8,11-12,15-16H2,1-4H3. The molecule has 2 aliphatic carbocycles. The van der Waals surface area contributed by atoms with Crippen molar-refractivity contribution in [2.45, 2.75) is 64.9 Å². The smallest absolute Gasteiger partial charge is 0.118 e. The summed E-state index contributed by atoms with van der Waals surface area (Å²) < 4.78 is 11.5. The Bertz CT molecular complexity index is 629. The summed E-state index contributed by atoms with van der Waals surface area (Å²) in [5.41, 5.74) is 4.53. The van der Waals surface area contributed by atoms with E-state index in [-0.39, 0.29) is 5.41 Å². The molecule has 0 radical (unpaired) electrons. The van der Waals surface area contributed by atoms with Crippen molar-refractivity contribution in [2.75, 3.05) is 13.7 Å². The van der Waals surface area contributed by atoms with Crippen molar-refractivity contribution >= 4 is 0 Å². The lowest BCUT2D eigenvalue weighted by molar-refractivity contribution is 0.0361. The number of hydrogen-bond acceptors (Lipinski definition) is 2. The van der Waals surface area contributed by atoms with Gasteiger partial charge in [-0.25, -0.2) is 0 Å². The molecule has 2 nitrogen and oxygen atoms in total. The minimum Gasteiger partial charge on any atom is -0.497 e. The average molecular weight is 341 g/mol. The van der Waals surface area contributed by atoms with Crippen LogP contribution in [0.25, 0.3) is 0 Å². The van der Waals surface area contributed by atoms with Crippen LogP contribution in [0.4, 0.5) is 0 Å². The van der Waals surface area contributed by atoms with E-state index < -0.39 is 0 Å². The highest BCUT2D eigenvalue weighted by Crippen LogP contribution is 2.36. The molecule has 0 bridgehead atoms. The molecule has 2 heteroatoms. The highest BCUT2D eigenvalue weighted by molar-refractivity contribution is 5.31. The fraction of sp³-hybridized carbons (Fsp3) is 0.565. The number of hydrogen-bond donors (Lipinski definition) is 0. The van der Waals surface area contributed by atoms with Crippen LogP contribution in [-0.2, 0) is 4.74 Å². The first-order valence-electron chi connectivity index (χ1n) is 9.60. The van der Waals surface area contributed by atoms with Gasteiger partial charge in [0.1, 0.15) is 5.75 Å². The highest BCUT2D eigenvalue weighted by Gasteiger charge is 2.25. The second-order valence-electron chi connectivity index (χ2n) is 8.41. The molecule has 3 rings (SSSR count). The van der Waals surface area contributed by atoms with Crippen molar-refractivity contribution in [3.05, 3.63) is 53.1 Å². The maximum atomic E-state index is 6.27. The summed E-state index contributed by atoms with van der Waals surface area (Å²) in [6.07, 6.45) is 11.0. The van der Waals surface area contributed by atoms with Crippen molar-refractivity contribution in [1.29, 1.82) is 0 Å². The van der Waals surface area contributed by atoms with E-state index in [2.05, 4.69) is 57.2 Å². The fourth-order valence-electron chi connectivity index (χ4n) is 4.42. The summed E-state index contributed by atoms with van der Waals surface area (Å²) in [5.74, 6) is 1.61. The molecule has 0 amide bonds.